The summed E-state index contributed by atoms with van der Waals surface area (Å²) in [4.78, 5) is 21.1. The molecule has 7 heteroatoms. The average Bonchev–Trinajstić information content (AvgIpc) is 3.03. The molecule has 2 rings (SSSR count). The molecule has 3 N–H and O–H groups in total. The first-order chi connectivity index (χ1) is 12.4. The minimum Gasteiger partial charge on any atom is -0.361 e. The van der Waals surface area contributed by atoms with Crippen molar-refractivity contribution in [1.29, 1.82) is 0 Å². The van der Waals surface area contributed by atoms with Gasteiger partial charge in [-0.2, -0.15) is 0 Å². The van der Waals surface area contributed by atoms with Crippen molar-refractivity contribution in [1.82, 2.24) is 20.5 Å². The van der Waals surface area contributed by atoms with Crippen LogP contribution in [-0.2, 0) is 11.2 Å². The molecule has 0 radical (unpaired) electrons. The summed E-state index contributed by atoms with van der Waals surface area (Å²) in [5.41, 5.74) is 3.74. The molecule has 6 nitrogen and oxygen atoms in total. The van der Waals surface area contributed by atoms with Crippen molar-refractivity contribution >= 4 is 46.7 Å². The Labute approximate surface area is 179 Å². The van der Waals surface area contributed by atoms with Crippen molar-refractivity contribution in [2.24, 2.45) is 4.99 Å². The van der Waals surface area contributed by atoms with Gasteiger partial charge in [0.25, 0.3) is 0 Å². The van der Waals surface area contributed by atoms with Gasteiger partial charge >= 0.3 is 0 Å². The summed E-state index contributed by atoms with van der Waals surface area (Å²) in [5.74, 6) is 0.675. The number of hydrogen-bond donors (Lipinski definition) is 3. The molecule has 1 atom stereocenters. The highest BCUT2D eigenvalue weighted by Crippen LogP contribution is 2.22. The standard InChI is InChI=1S/C20H31N5O.HI/c1-6-15(3)24-20(23-13-18(26)25(4)5)21-11-10-16-12-22-17-9-7-8-14(2)19(16)17;/h7-9,12,15,22H,6,10-11,13H2,1-5H3,(H2,21,23,24);1H. The van der Waals surface area contributed by atoms with Crippen molar-refractivity contribution in [3.8, 4) is 0 Å². The van der Waals surface area contributed by atoms with Crippen LogP contribution in [0.3, 0.4) is 0 Å². The van der Waals surface area contributed by atoms with Crippen LogP contribution in [0.4, 0.5) is 0 Å². The predicted molar refractivity (Wildman–Crippen MR) is 124 cm³/mol. The number of benzene rings is 1. The average molecular weight is 485 g/mol. The number of amides is 1. The molecule has 0 aliphatic carbocycles. The molecule has 0 saturated carbocycles. The topological polar surface area (TPSA) is 72.5 Å². The number of carbonyl (C=O) groups is 1. The Kier molecular flexibility index (Phi) is 9.62. The Hall–Kier alpha value is -1.77. The van der Waals surface area contributed by atoms with Gasteiger partial charge in [0, 0.05) is 43.8 Å². The smallest absolute Gasteiger partial charge is 0.243 e. The lowest BCUT2D eigenvalue weighted by atomic mass is 10.1. The van der Waals surface area contributed by atoms with Gasteiger partial charge in [-0.25, -0.2) is 4.99 Å². The maximum Gasteiger partial charge on any atom is 0.243 e. The molecule has 0 saturated heterocycles. The van der Waals surface area contributed by atoms with E-state index in [4.69, 9.17) is 0 Å². The highest BCUT2D eigenvalue weighted by atomic mass is 127. The Balaban J connectivity index is 0.00000364. The summed E-state index contributed by atoms with van der Waals surface area (Å²) in [5, 5.41) is 8.00. The van der Waals surface area contributed by atoms with E-state index >= 15 is 0 Å². The third-order valence-corrected chi connectivity index (χ3v) is 4.55. The Morgan fingerprint density at radius 1 is 1.33 bits per heavy atom. The first-order valence-corrected chi connectivity index (χ1v) is 9.23. The van der Waals surface area contributed by atoms with Crippen LogP contribution in [-0.4, -0.2) is 55.0 Å². The second-order valence-corrected chi connectivity index (χ2v) is 6.89. The molecule has 1 amide bonds. The van der Waals surface area contributed by atoms with Crippen molar-refractivity contribution in [3.05, 3.63) is 35.5 Å². The molecule has 27 heavy (non-hydrogen) atoms. The molecule has 0 fully saturated rings. The number of aryl methyl sites for hydroxylation is 1. The number of rotatable bonds is 7. The van der Waals surface area contributed by atoms with Gasteiger partial charge in [-0.3, -0.25) is 4.79 Å². The fourth-order valence-corrected chi connectivity index (χ4v) is 2.74. The molecular weight excluding hydrogens is 453 g/mol. The summed E-state index contributed by atoms with van der Waals surface area (Å²) < 4.78 is 0. The number of nitrogens with one attached hydrogen (secondary N) is 3. The van der Waals surface area contributed by atoms with Crippen LogP contribution in [0.25, 0.3) is 10.9 Å². The molecule has 2 aromatic rings. The normalized spacial score (nSPS) is 12.4. The fourth-order valence-electron chi connectivity index (χ4n) is 2.74. The van der Waals surface area contributed by atoms with Crippen LogP contribution in [0.1, 0.15) is 31.4 Å². The Morgan fingerprint density at radius 2 is 2.07 bits per heavy atom. The van der Waals surface area contributed by atoms with Crippen LogP contribution in [0.5, 0.6) is 0 Å². The summed E-state index contributed by atoms with van der Waals surface area (Å²) in [6, 6.07) is 6.60. The van der Waals surface area contributed by atoms with E-state index < -0.39 is 0 Å². The second kappa shape index (κ2) is 11.2. The maximum atomic E-state index is 11.8. The van der Waals surface area contributed by atoms with Gasteiger partial charge in [0.1, 0.15) is 6.54 Å². The van der Waals surface area contributed by atoms with Crippen LogP contribution < -0.4 is 10.6 Å². The van der Waals surface area contributed by atoms with Crippen molar-refractivity contribution in [2.75, 3.05) is 27.2 Å². The fraction of sp³-hybridized carbons (Fsp3) is 0.500. The second-order valence-electron chi connectivity index (χ2n) is 6.89. The SMILES string of the molecule is CCC(C)NC(=NCC(=O)N(C)C)NCCc1c[nH]c2cccc(C)c12.I. The molecule has 0 aliphatic rings. The summed E-state index contributed by atoms with van der Waals surface area (Å²) in [6.45, 7) is 7.25. The lowest BCUT2D eigenvalue weighted by molar-refractivity contribution is -0.127. The molecule has 1 heterocycles. The number of guanidine groups is 1. The van der Waals surface area contributed by atoms with E-state index in [0.29, 0.717) is 12.0 Å². The minimum absolute atomic E-state index is 0. The Morgan fingerprint density at radius 3 is 2.74 bits per heavy atom. The number of H-pyrrole nitrogens is 1. The van der Waals surface area contributed by atoms with Crippen LogP contribution in [0.2, 0.25) is 0 Å². The molecule has 1 aromatic heterocycles. The zero-order valence-electron chi connectivity index (χ0n) is 16.9. The van der Waals surface area contributed by atoms with E-state index in [2.05, 4.69) is 65.8 Å². The molecule has 150 valence electrons. The molecule has 0 bridgehead atoms. The maximum absolute atomic E-state index is 11.8. The molecule has 0 aliphatic heterocycles. The number of aromatic amines is 1. The summed E-state index contributed by atoms with van der Waals surface area (Å²) in [7, 11) is 3.48. The highest BCUT2D eigenvalue weighted by Gasteiger charge is 2.09. The lowest BCUT2D eigenvalue weighted by Gasteiger charge is -2.17. The highest BCUT2D eigenvalue weighted by molar-refractivity contribution is 14.0. The molecule has 1 aromatic carbocycles. The van der Waals surface area contributed by atoms with Crippen molar-refractivity contribution < 1.29 is 4.79 Å². The zero-order valence-corrected chi connectivity index (χ0v) is 19.3. The predicted octanol–water partition coefficient (Wildman–Crippen LogP) is 3.06. The number of nitrogens with zero attached hydrogens (tertiary/aromatic N) is 2. The first-order valence-electron chi connectivity index (χ1n) is 9.23. The van der Waals surface area contributed by atoms with Gasteiger partial charge in [-0.05, 0) is 43.9 Å². The third-order valence-electron chi connectivity index (χ3n) is 4.55. The first kappa shape index (κ1) is 23.3. The number of aromatic nitrogens is 1. The van der Waals surface area contributed by atoms with E-state index in [-0.39, 0.29) is 36.4 Å². The number of likely N-dealkylation sites (N-methyl/N-ethyl adjacent to an activating group) is 1. The van der Waals surface area contributed by atoms with Gasteiger partial charge in [0.15, 0.2) is 5.96 Å². The van der Waals surface area contributed by atoms with Crippen LogP contribution in [0, 0.1) is 6.92 Å². The number of aliphatic imine (C=N–C) groups is 1. The van der Waals surface area contributed by atoms with Gasteiger partial charge in [0.2, 0.25) is 5.91 Å². The summed E-state index contributed by atoms with van der Waals surface area (Å²) >= 11 is 0. The largest absolute Gasteiger partial charge is 0.361 e. The minimum atomic E-state index is -0.0116. The van der Waals surface area contributed by atoms with E-state index in [1.807, 2.05) is 0 Å². The third kappa shape index (κ3) is 6.71. The van der Waals surface area contributed by atoms with Crippen LogP contribution >= 0.6 is 24.0 Å². The van der Waals surface area contributed by atoms with Gasteiger partial charge < -0.3 is 20.5 Å². The van der Waals surface area contributed by atoms with Crippen LogP contribution in [0.15, 0.2) is 29.4 Å². The quantitative estimate of drug-likeness (QED) is 0.321. The molecule has 1 unspecified atom stereocenters. The Bertz CT molecular complexity index is 769. The van der Waals surface area contributed by atoms with E-state index in [1.165, 1.54) is 22.0 Å². The van der Waals surface area contributed by atoms with Gasteiger partial charge in [-0.15, -0.1) is 24.0 Å². The van der Waals surface area contributed by atoms with Crippen molar-refractivity contribution in [3.63, 3.8) is 0 Å². The van der Waals surface area contributed by atoms with E-state index in [9.17, 15) is 4.79 Å². The number of hydrogen-bond acceptors (Lipinski definition) is 2. The summed E-state index contributed by atoms with van der Waals surface area (Å²) in [6.07, 6.45) is 3.95. The molecule has 0 spiro atoms. The monoisotopic (exact) mass is 485 g/mol. The number of carbonyl (C=O) groups excluding carboxylic acids is 1. The lowest BCUT2D eigenvalue weighted by Crippen LogP contribution is -2.43. The molecular formula is C20H32IN5O. The van der Waals surface area contributed by atoms with Gasteiger partial charge in [0.05, 0.1) is 0 Å². The van der Waals surface area contributed by atoms with E-state index in [1.54, 1.807) is 19.0 Å². The zero-order chi connectivity index (χ0) is 19.1. The van der Waals surface area contributed by atoms with Crippen molar-refractivity contribution in [2.45, 2.75) is 39.7 Å². The number of halogens is 1. The van der Waals surface area contributed by atoms with E-state index in [0.717, 1.165) is 19.4 Å². The number of fused-ring (bicyclic) bond motifs is 1. The van der Waals surface area contributed by atoms with Gasteiger partial charge in [-0.1, -0.05) is 19.1 Å².